The number of hydrogen-bond donors (Lipinski definition) is 2. The summed E-state index contributed by atoms with van der Waals surface area (Å²) in [7, 11) is 0. The summed E-state index contributed by atoms with van der Waals surface area (Å²) in [5.74, 6) is -0.837. The number of urea groups is 1. The largest absolute Gasteiger partial charge is 0.480 e. The van der Waals surface area contributed by atoms with Gasteiger partial charge < -0.3 is 15.3 Å². The molecule has 1 unspecified atom stereocenters. The number of nitrogens with one attached hydrogen (secondary N) is 1. The second-order valence-electron chi connectivity index (χ2n) is 5.99. The van der Waals surface area contributed by atoms with E-state index in [4.69, 9.17) is 0 Å². The number of amides is 2. The van der Waals surface area contributed by atoms with Gasteiger partial charge in [0.15, 0.2) is 0 Å². The lowest BCUT2D eigenvalue weighted by atomic mass is 9.96. The fraction of sp³-hybridized carbons (Fsp3) is 0.857. The van der Waals surface area contributed by atoms with Crippen LogP contribution >= 0.6 is 0 Å². The maximum Gasteiger partial charge on any atom is 0.329 e. The van der Waals surface area contributed by atoms with Crippen molar-refractivity contribution < 1.29 is 14.7 Å². The molecule has 0 aromatic carbocycles. The molecule has 0 aromatic rings. The predicted molar refractivity (Wildman–Crippen MR) is 71.9 cm³/mol. The van der Waals surface area contributed by atoms with E-state index < -0.39 is 11.5 Å². The Morgan fingerprint density at radius 3 is 2.37 bits per heavy atom. The molecule has 0 aromatic heterocycles. The Hall–Kier alpha value is -1.26. The topological polar surface area (TPSA) is 69.6 Å². The third-order valence-electron chi connectivity index (χ3n) is 4.21. The van der Waals surface area contributed by atoms with Crippen molar-refractivity contribution in [1.82, 2.24) is 10.2 Å². The molecule has 1 atom stereocenters. The number of carboxylic acids is 1. The zero-order valence-corrected chi connectivity index (χ0v) is 11.8. The number of rotatable bonds is 7. The van der Waals surface area contributed by atoms with Crippen molar-refractivity contribution in [2.45, 2.75) is 64.0 Å². The first-order valence-corrected chi connectivity index (χ1v) is 7.31. The number of aliphatic carboxylic acids is 1. The molecule has 2 aliphatic carbocycles. The molecule has 0 saturated heterocycles. The highest BCUT2D eigenvalue weighted by Gasteiger charge is 2.49. The standard InChI is InChI=1S/C14H24N2O3/c1-3-4-9-16(11-7-8-11)13(19)15-14(2,12(17)18)10-5-6-10/h10-11H,3-9H2,1-2H3,(H,15,19)(H,17,18). The van der Waals surface area contributed by atoms with Crippen LogP contribution in [0.3, 0.4) is 0 Å². The van der Waals surface area contributed by atoms with Crippen LogP contribution in [0.2, 0.25) is 0 Å². The van der Waals surface area contributed by atoms with E-state index in [1.807, 2.05) is 4.90 Å². The molecule has 0 bridgehead atoms. The smallest absolute Gasteiger partial charge is 0.329 e. The van der Waals surface area contributed by atoms with Gasteiger partial charge in [-0.25, -0.2) is 9.59 Å². The van der Waals surface area contributed by atoms with E-state index >= 15 is 0 Å². The minimum absolute atomic E-state index is 0.0844. The van der Waals surface area contributed by atoms with Gasteiger partial charge in [-0.2, -0.15) is 0 Å². The third kappa shape index (κ3) is 3.19. The lowest BCUT2D eigenvalue weighted by molar-refractivity contribution is -0.144. The van der Waals surface area contributed by atoms with Crippen molar-refractivity contribution in [2.24, 2.45) is 5.92 Å². The zero-order chi connectivity index (χ0) is 14.0. The highest BCUT2D eigenvalue weighted by molar-refractivity contribution is 5.86. The minimum atomic E-state index is -1.10. The van der Waals surface area contributed by atoms with E-state index in [0.717, 1.165) is 45.1 Å². The van der Waals surface area contributed by atoms with Crippen molar-refractivity contribution in [1.29, 1.82) is 0 Å². The second-order valence-corrected chi connectivity index (χ2v) is 5.99. The molecule has 2 amide bonds. The molecule has 5 heteroatoms. The first kappa shape index (κ1) is 14.2. The van der Waals surface area contributed by atoms with Gasteiger partial charge in [-0.05, 0) is 44.9 Å². The maximum atomic E-state index is 12.3. The van der Waals surface area contributed by atoms with Gasteiger partial charge in [0.2, 0.25) is 0 Å². The molecule has 2 rings (SSSR count). The first-order valence-electron chi connectivity index (χ1n) is 7.31. The molecule has 2 aliphatic rings. The summed E-state index contributed by atoms with van der Waals surface area (Å²) in [5.41, 5.74) is -1.10. The van der Waals surface area contributed by atoms with Gasteiger partial charge in [0.05, 0.1) is 0 Å². The van der Waals surface area contributed by atoms with Crippen LogP contribution in [0.15, 0.2) is 0 Å². The molecule has 2 saturated carbocycles. The van der Waals surface area contributed by atoms with Crippen LogP contribution < -0.4 is 5.32 Å². The molecule has 2 fully saturated rings. The van der Waals surface area contributed by atoms with Crippen LogP contribution in [0, 0.1) is 5.92 Å². The van der Waals surface area contributed by atoms with Gasteiger partial charge in [-0.15, -0.1) is 0 Å². The average molecular weight is 268 g/mol. The molecule has 19 heavy (non-hydrogen) atoms. The van der Waals surface area contributed by atoms with Gasteiger partial charge in [0, 0.05) is 12.6 Å². The van der Waals surface area contributed by atoms with E-state index in [-0.39, 0.29) is 11.9 Å². The van der Waals surface area contributed by atoms with E-state index in [1.54, 1.807) is 6.92 Å². The van der Waals surface area contributed by atoms with Crippen molar-refractivity contribution in [2.75, 3.05) is 6.54 Å². The molecule has 0 aliphatic heterocycles. The summed E-state index contributed by atoms with van der Waals surface area (Å²) >= 11 is 0. The number of carbonyl (C=O) groups excluding carboxylic acids is 1. The number of nitrogens with zero attached hydrogens (tertiary/aromatic N) is 1. The van der Waals surface area contributed by atoms with E-state index in [2.05, 4.69) is 12.2 Å². The molecular weight excluding hydrogens is 244 g/mol. The van der Waals surface area contributed by atoms with Gasteiger partial charge in [0.1, 0.15) is 5.54 Å². The van der Waals surface area contributed by atoms with Crippen LogP contribution in [-0.2, 0) is 4.79 Å². The quantitative estimate of drug-likeness (QED) is 0.743. The normalized spacial score (nSPS) is 21.6. The van der Waals surface area contributed by atoms with Crippen LogP contribution in [0.1, 0.15) is 52.4 Å². The Morgan fingerprint density at radius 1 is 1.32 bits per heavy atom. The predicted octanol–water partition coefficient (Wildman–Crippen LogP) is 2.21. The summed E-state index contributed by atoms with van der Waals surface area (Å²) in [4.78, 5) is 25.6. The Kier molecular flexibility index (Phi) is 4.02. The summed E-state index contributed by atoms with van der Waals surface area (Å²) in [6.45, 7) is 4.46. The van der Waals surface area contributed by atoms with Crippen LogP contribution in [0.5, 0.6) is 0 Å². The molecule has 0 heterocycles. The van der Waals surface area contributed by atoms with Crippen LogP contribution in [-0.4, -0.2) is 40.1 Å². The van der Waals surface area contributed by atoms with Crippen LogP contribution in [0.4, 0.5) is 4.79 Å². The lowest BCUT2D eigenvalue weighted by Crippen LogP contribution is -2.58. The summed E-state index contributed by atoms with van der Waals surface area (Å²) in [6.07, 6.45) is 5.88. The van der Waals surface area contributed by atoms with E-state index in [0.29, 0.717) is 6.04 Å². The molecule has 108 valence electrons. The number of carbonyl (C=O) groups is 2. The lowest BCUT2D eigenvalue weighted by Gasteiger charge is -2.31. The number of unbranched alkanes of at least 4 members (excludes halogenated alkanes) is 1. The van der Waals surface area contributed by atoms with E-state index in [1.165, 1.54) is 0 Å². The summed E-state index contributed by atoms with van der Waals surface area (Å²) in [5, 5.41) is 12.1. The Bertz CT molecular complexity index is 364. The van der Waals surface area contributed by atoms with Crippen molar-refractivity contribution >= 4 is 12.0 Å². The maximum absolute atomic E-state index is 12.3. The van der Waals surface area contributed by atoms with Crippen molar-refractivity contribution in [3.63, 3.8) is 0 Å². The summed E-state index contributed by atoms with van der Waals surface area (Å²) < 4.78 is 0. The van der Waals surface area contributed by atoms with Crippen molar-refractivity contribution in [3.8, 4) is 0 Å². The third-order valence-corrected chi connectivity index (χ3v) is 4.21. The van der Waals surface area contributed by atoms with Gasteiger partial charge in [-0.1, -0.05) is 13.3 Å². The Labute approximate surface area is 114 Å². The molecular formula is C14H24N2O3. The Balaban J connectivity index is 1.98. The highest BCUT2D eigenvalue weighted by Crippen LogP contribution is 2.40. The summed E-state index contributed by atoms with van der Waals surface area (Å²) in [6, 6.07) is 0.122. The first-order chi connectivity index (χ1) is 8.99. The Morgan fingerprint density at radius 2 is 1.95 bits per heavy atom. The number of hydrogen-bond acceptors (Lipinski definition) is 2. The fourth-order valence-electron chi connectivity index (χ4n) is 2.45. The molecule has 0 spiro atoms. The molecule has 5 nitrogen and oxygen atoms in total. The van der Waals surface area contributed by atoms with Crippen LogP contribution in [0.25, 0.3) is 0 Å². The minimum Gasteiger partial charge on any atom is -0.480 e. The fourth-order valence-corrected chi connectivity index (χ4v) is 2.45. The number of carboxylic acid groups (broad SMARTS) is 1. The highest BCUT2D eigenvalue weighted by atomic mass is 16.4. The van der Waals surface area contributed by atoms with E-state index in [9.17, 15) is 14.7 Å². The second kappa shape index (κ2) is 5.39. The molecule has 2 N–H and O–H groups in total. The zero-order valence-electron chi connectivity index (χ0n) is 11.8. The van der Waals surface area contributed by atoms with Gasteiger partial charge in [-0.3, -0.25) is 0 Å². The average Bonchev–Trinajstić information content (AvgIpc) is 3.20. The molecule has 0 radical (unpaired) electrons. The van der Waals surface area contributed by atoms with Crippen molar-refractivity contribution in [3.05, 3.63) is 0 Å². The monoisotopic (exact) mass is 268 g/mol. The SMILES string of the molecule is CCCCN(C(=O)NC(C)(C(=O)O)C1CC1)C1CC1. The van der Waals surface area contributed by atoms with Gasteiger partial charge >= 0.3 is 12.0 Å². The van der Waals surface area contributed by atoms with Gasteiger partial charge in [0.25, 0.3) is 0 Å².